The van der Waals surface area contributed by atoms with E-state index in [1.54, 1.807) is 18.1 Å². The minimum absolute atomic E-state index is 0.0132. The van der Waals surface area contributed by atoms with Crippen LogP contribution in [0.5, 0.6) is 5.75 Å². The number of hydrogen-bond donors (Lipinski definition) is 1. The fourth-order valence-electron chi connectivity index (χ4n) is 2.44. The number of carbonyl (C=O) groups is 1. The van der Waals surface area contributed by atoms with Crippen LogP contribution >= 0.6 is 0 Å². The molecule has 18 heavy (non-hydrogen) atoms. The molecular formula is C14H19NO3. The van der Waals surface area contributed by atoms with Crippen molar-refractivity contribution in [1.29, 1.82) is 0 Å². The Labute approximate surface area is 107 Å². The number of aryl methyl sites for hydroxylation is 1. The van der Waals surface area contributed by atoms with E-state index in [4.69, 9.17) is 4.74 Å². The van der Waals surface area contributed by atoms with Crippen LogP contribution in [0.1, 0.15) is 18.9 Å². The standard InChI is InChI=1S/C14H19NO3/c1-10(9-18-2)14(17)15-8-4-6-11-5-3-7-12(16)13(11)15/h3,5,7,10,16H,4,6,8-9H2,1-2H3/t10-/m1/s1. The van der Waals surface area contributed by atoms with Gasteiger partial charge < -0.3 is 14.7 Å². The molecule has 0 bridgehead atoms. The van der Waals surface area contributed by atoms with Crippen molar-refractivity contribution in [3.63, 3.8) is 0 Å². The van der Waals surface area contributed by atoms with E-state index in [2.05, 4.69) is 0 Å². The zero-order chi connectivity index (χ0) is 13.1. The monoisotopic (exact) mass is 249 g/mol. The molecule has 0 fully saturated rings. The second-order valence-electron chi connectivity index (χ2n) is 4.73. The second-order valence-corrected chi connectivity index (χ2v) is 4.73. The summed E-state index contributed by atoms with van der Waals surface area (Å²) in [6.07, 6.45) is 1.84. The van der Waals surface area contributed by atoms with E-state index in [9.17, 15) is 9.90 Å². The molecule has 0 aromatic heterocycles. The highest BCUT2D eigenvalue weighted by atomic mass is 16.5. The van der Waals surface area contributed by atoms with Gasteiger partial charge in [-0.3, -0.25) is 4.79 Å². The zero-order valence-corrected chi connectivity index (χ0v) is 10.8. The van der Waals surface area contributed by atoms with E-state index in [0.29, 0.717) is 18.8 Å². The minimum atomic E-state index is -0.194. The van der Waals surface area contributed by atoms with Gasteiger partial charge in [0.25, 0.3) is 0 Å². The third-order valence-electron chi connectivity index (χ3n) is 3.30. The number of benzene rings is 1. The van der Waals surface area contributed by atoms with Crippen molar-refractivity contribution in [3.05, 3.63) is 23.8 Å². The summed E-state index contributed by atoms with van der Waals surface area (Å²) < 4.78 is 5.02. The van der Waals surface area contributed by atoms with Crippen molar-refractivity contribution in [3.8, 4) is 5.75 Å². The second kappa shape index (κ2) is 5.40. The Balaban J connectivity index is 2.30. The highest BCUT2D eigenvalue weighted by Crippen LogP contribution is 2.36. The Hall–Kier alpha value is -1.55. The van der Waals surface area contributed by atoms with Crippen LogP contribution in [0, 0.1) is 5.92 Å². The van der Waals surface area contributed by atoms with Gasteiger partial charge in [0.2, 0.25) is 5.91 Å². The summed E-state index contributed by atoms with van der Waals surface area (Å²) in [4.78, 5) is 14.0. The molecule has 0 saturated carbocycles. The molecule has 98 valence electrons. The SMILES string of the molecule is COC[C@@H](C)C(=O)N1CCCc2cccc(O)c21. The third kappa shape index (κ3) is 2.34. The number of methoxy groups -OCH3 is 1. The van der Waals surface area contributed by atoms with Crippen LogP contribution in [0.25, 0.3) is 0 Å². The summed E-state index contributed by atoms with van der Waals surface area (Å²) in [5.41, 5.74) is 1.72. The van der Waals surface area contributed by atoms with Gasteiger partial charge in [0, 0.05) is 13.7 Å². The van der Waals surface area contributed by atoms with Crippen molar-refractivity contribution in [1.82, 2.24) is 0 Å². The third-order valence-corrected chi connectivity index (χ3v) is 3.30. The lowest BCUT2D eigenvalue weighted by atomic mass is 9.99. The molecule has 1 aliphatic heterocycles. The number of carbonyl (C=O) groups excluding carboxylic acids is 1. The van der Waals surface area contributed by atoms with E-state index in [1.807, 2.05) is 19.1 Å². The summed E-state index contributed by atoms with van der Waals surface area (Å²) in [5.74, 6) is 0.00465. The first-order chi connectivity index (χ1) is 8.65. The van der Waals surface area contributed by atoms with Gasteiger partial charge in [0.15, 0.2) is 0 Å². The lowest BCUT2D eigenvalue weighted by Gasteiger charge is -2.31. The predicted octanol–water partition coefficient (Wildman–Crippen LogP) is 1.95. The van der Waals surface area contributed by atoms with Crippen LogP contribution in [0.2, 0.25) is 0 Å². The molecule has 1 atom stereocenters. The number of ether oxygens (including phenoxy) is 1. The topological polar surface area (TPSA) is 49.8 Å². The lowest BCUT2D eigenvalue weighted by Crippen LogP contribution is -2.40. The lowest BCUT2D eigenvalue weighted by molar-refractivity contribution is -0.123. The molecule has 1 aliphatic rings. The van der Waals surface area contributed by atoms with Gasteiger partial charge in [-0.1, -0.05) is 19.1 Å². The summed E-state index contributed by atoms with van der Waals surface area (Å²) >= 11 is 0. The van der Waals surface area contributed by atoms with Crippen LogP contribution < -0.4 is 4.90 Å². The molecule has 0 saturated heterocycles. The quantitative estimate of drug-likeness (QED) is 0.890. The van der Waals surface area contributed by atoms with Gasteiger partial charge in [-0.2, -0.15) is 0 Å². The molecule has 1 aromatic rings. The Morgan fingerprint density at radius 2 is 2.33 bits per heavy atom. The molecule has 0 aliphatic carbocycles. The number of hydrogen-bond acceptors (Lipinski definition) is 3. The van der Waals surface area contributed by atoms with Crippen LogP contribution in [-0.2, 0) is 16.0 Å². The molecular weight excluding hydrogens is 230 g/mol. The number of phenols is 1. The molecule has 1 N–H and O–H groups in total. The van der Waals surface area contributed by atoms with Crippen molar-refractivity contribution in [2.24, 2.45) is 5.92 Å². The minimum Gasteiger partial charge on any atom is -0.506 e. The summed E-state index contributed by atoms with van der Waals surface area (Å²) in [6.45, 7) is 2.91. The number of aromatic hydroxyl groups is 1. The first kappa shape index (κ1) is 12.9. The number of anilines is 1. The maximum absolute atomic E-state index is 12.3. The maximum Gasteiger partial charge on any atom is 0.232 e. The average molecular weight is 249 g/mol. The van der Waals surface area contributed by atoms with Gasteiger partial charge in [-0.25, -0.2) is 0 Å². The molecule has 4 nitrogen and oxygen atoms in total. The maximum atomic E-state index is 12.3. The number of fused-ring (bicyclic) bond motifs is 1. The molecule has 2 rings (SSSR count). The van der Waals surface area contributed by atoms with Crippen LogP contribution in [0.3, 0.4) is 0 Å². The largest absolute Gasteiger partial charge is 0.506 e. The van der Waals surface area contributed by atoms with E-state index < -0.39 is 0 Å². The highest BCUT2D eigenvalue weighted by Gasteiger charge is 2.28. The van der Waals surface area contributed by atoms with Crippen molar-refractivity contribution >= 4 is 11.6 Å². The Kier molecular flexibility index (Phi) is 3.87. The first-order valence-electron chi connectivity index (χ1n) is 6.26. The number of para-hydroxylation sites is 1. The number of phenolic OH excluding ortho intramolecular Hbond substituents is 1. The van der Waals surface area contributed by atoms with Crippen LogP contribution in [0.4, 0.5) is 5.69 Å². The fraction of sp³-hybridized carbons (Fsp3) is 0.500. The molecule has 0 radical (unpaired) electrons. The Morgan fingerprint density at radius 1 is 1.56 bits per heavy atom. The molecule has 1 heterocycles. The first-order valence-corrected chi connectivity index (χ1v) is 6.26. The normalized spacial score (nSPS) is 16.2. The molecule has 1 amide bonds. The van der Waals surface area contributed by atoms with Crippen LogP contribution in [0.15, 0.2) is 18.2 Å². The van der Waals surface area contributed by atoms with Crippen molar-refractivity contribution < 1.29 is 14.6 Å². The Morgan fingerprint density at radius 3 is 3.06 bits per heavy atom. The summed E-state index contributed by atoms with van der Waals surface area (Å²) in [7, 11) is 1.59. The van der Waals surface area contributed by atoms with E-state index in [-0.39, 0.29) is 17.6 Å². The zero-order valence-electron chi connectivity index (χ0n) is 10.8. The predicted molar refractivity (Wildman–Crippen MR) is 69.8 cm³/mol. The molecule has 4 heteroatoms. The van der Waals surface area contributed by atoms with E-state index in [1.165, 1.54) is 0 Å². The fourth-order valence-corrected chi connectivity index (χ4v) is 2.44. The van der Waals surface area contributed by atoms with Crippen LogP contribution in [-0.4, -0.2) is 31.3 Å². The molecule has 0 unspecified atom stereocenters. The summed E-state index contributed by atoms with van der Waals surface area (Å²) in [6, 6.07) is 5.42. The molecule has 0 spiro atoms. The number of nitrogens with zero attached hydrogens (tertiary/aromatic N) is 1. The number of rotatable bonds is 3. The van der Waals surface area contributed by atoms with Crippen molar-refractivity contribution in [2.45, 2.75) is 19.8 Å². The van der Waals surface area contributed by atoms with Gasteiger partial charge in [0.1, 0.15) is 5.75 Å². The smallest absolute Gasteiger partial charge is 0.232 e. The Bertz CT molecular complexity index is 445. The summed E-state index contributed by atoms with van der Waals surface area (Å²) in [5, 5.41) is 9.96. The highest BCUT2D eigenvalue weighted by molar-refractivity contribution is 5.97. The average Bonchev–Trinajstić information content (AvgIpc) is 2.38. The van der Waals surface area contributed by atoms with Gasteiger partial charge in [0.05, 0.1) is 18.2 Å². The van der Waals surface area contributed by atoms with Gasteiger partial charge in [-0.05, 0) is 24.5 Å². The van der Waals surface area contributed by atoms with Gasteiger partial charge in [-0.15, -0.1) is 0 Å². The van der Waals surface area contributed by atoms with E-state index >= 15 is 0 Å². The van der Waals surface area contributed by atoms with E-state index in [0.717, 1.165) is 18.4 Å². The number of amides is 1. The van der Waals surface area contributed by atoms with Gasteiger partial charge >= 0.3 is 0 Å². The molecule has 1 aromatic carbocycles. The van der Waals surface area contributed by atoms with Crippen molar-refractivity contribution in [2.75, 3.05) is 25.2 Å².